The lowest BCUT2D eigenvalue weighted by Crippen LogP contribution is -2.30. The molecular weight excluding hydrogens is 925 g/mol. The van der Waals surface area contributed by atoms with E-state index in [1.807, 2.05) is 6.08 Å². The molecule has 0 radical (unpaired) electrons. The van der Waals surface area contributed by atoms with Crippen LogP contribution in [0.15, 0.2) is 134 Å². The van der Waals surface area contributed by atoms with Gasteiger partial charge in [0.2, 0.25) is 0 Å². The van der Waals surface area contributed by atoms with Crippen molar-refractivity contribution in [1.82, 2.24) is 0 Å². The van der Waals surface area contributed by atoms with Crippen molar-refractivity contribution in [2.24, 2.45) is 0 Å². The van der Waals surface area contributed by atoms with E-state index in [0.29, 0.717) is 19.3 Å². The number of hydrogen-bond donors (Lipinski definition) is 0. The molecule has 0 fully saturated rings. The SMILES string of the molecule is CC/C=C\C/C=C\C/C=C\C/C=C\C/C=C\C/C=C\CCC(=O)OC(COC(=O)CCCCCCC/C=C\CCCC)COC(=O)CCCCCCCCCCCCCCCC/C=C\C/C=C\C/C=C\C/C=C\CC. The van der Waals surface area contributed by atoms with E-state index in [2.05, 4.69) is 148 Å². The molecule has 0 amide bonds. The molecule has 75 heavy (non-hydrogen) atoms. The summed E-state index contributed by atoms with van der Waals surface area (Å²) in [6.45, 7) is 6.31. The Morgan fingerprint density at radius 3 is 0.880 bits per heavy atom. The lowest BCUT2D eigenvalue weighted by Gasteiger charge is -2.18. The predicted molar refractivity (Wildman–Crippen MR) is 325 cm³/mol. The second-order valence-corrected chi connectivity index (χ2v) is 19.8. The van der Waals surface area contributed by atoms with Gasteiger partial charge in [0, 0.05) is 19.3 Å². The van der Waals surface area contributed by atoms with Crippen LogP contribution in [0.25, 0.3) is 0 Å². The third kappa shape index (κ3) is 60.3. The molecular formula is C69H112O6. The molecule has 0 aromatic heterocycles. The summed E-state index contributed by atoms with van der Waals surface area (Å²) in [5.74, 6) is -1.01. The smallest absolute Gasteiger partial charge is 0.306 e. The molecule has 0 aliphatic heterocycles. The lowest BCUT2D eigenvalue weighted by molar-refractivity contribution is -0.166. The second kappa shape index (κ2) is 62.1. The maximum absolute atomic E-state index is 12.8. The van der Waals surface area contributed by atoms with E-state index in [1.54, 1.807) is 0 Å². The van der Waals surface area contributed by atoms with E-state index in [1.165, 1.54) is 103 Å². The molecule has 0 aromatic rings. The Morgan fingerprint density at radius 2 is 0.547 bits per heavy atom. The summed E-state index contributed by atoms with van der Waals surface area (Å²) >= 11 is 0. The van der Waals surface area contributed by atoms with Gasteiger partial charge in [0.25, 0.3) is 0 Å². The summed E-state index contributed by atoms with van der Waals surface area (Å²) < 4.78 is 16.8. The Bertz CT molecular complexity index is 1620. The van der Waals surface area contributed by atoms with Crippen molar-refractivity contribution >= 4 is 17.9 Å². The summed E-state index contributed by atoms with van der Waals surface area (Å²) in [6, 6.07) is 0. The Labute approximate surface area is 462 Å². The lowest BCUT2D eigenvalue weighted by atomic mass is 10.0. The summed E-state index contributed by atoms with van der Waals surface area (Å²) in [5, 5.41) is 0. The predicted octanol–water partition coefficient (Wildman–Crippen LogP) is 21.0. The number of unbranched alkanes of at least 4 members (excludes halogenated alkanes) is 21. The van der Waals surface area contributed by atoms with Crippen LogP contribution >= 0.6 is 0 Å². The minimum absolute atomic E-state index is 0.114. The minimum Gasteiger partial charge on any atom is -0.462 e. The van der Waals surface area contributed by atoms with Crippen molar-refractivity contribution in [3.63, 3.8) is 0 Å². The molecule has 6 heteroatoms. The fourth-order valence-corrected chi connectivity index (χ4v) is 8.09. The van der Waals surface area contributed by atoms with Crippen LogP contribution in [-0.4, -0.2) is 37.2 Å². The first-order chi connectivity index (χ1) is 37.0. The molecule has 0 bridgehead atoms. The minimum atomic E-state index is -0.826. The molecule has 0 spiro atoms. The molecule has 0 aliphatic carbocycles. The fraction of sp³-hybridized carbons (Fsp3) is 0.638. The van der Waals surface area contributed by atoms with E-state index in [9.17, 15) is 14.4 Å². The quantitative estimate of drug-likeness (QED) is 0.0261. The maximum Gasteiger partial charge on any atom is 0.306 e. The van der Waals surface area contributed by atoms with Gasteiger partial charge < -0.3 is 14.2 Å². The van der Waals surface area contributed by atoms with Crippen LogP contribution in [0.5, 0.6) is 0 Å². The third-order valence-corrected chi connectivity index (χ3v) is 12.6. The van der Waals surface area contributed by atoms with E-state index in [-0.39, 0.29) is 31.6 Å². The molecule has 0 heterocycles. The highest BCUT2D eigenvalue weighted by Crippen LogP contribution is 2.15. The summed E-state index contributed by atoms with van der Waals surface area (Å²) in [5.41, 5.74) is 0. The number of carbonyl (C=O) groups excluding carboxylic acids is 3. The van der Waals surface area contributed by atoms with E-state index in [0.717, 1.165) is 116 Å². The first-order valence-corrected chi connectivity index (χ1v) is 30.7. The molecule has 0 saturated heterocycles. The van der Waals surface area contributed by atoms with Gasteiger partial charge >= 0.3 is 17.9 Å². The Morgan fingerprint density at radius 1 is 0.280 bits per heavy atom. The van der Waals surface area contributed by atoms with Crippen LogP contribution in [0.4, 0.5) is 0 Å². The average Bonchev–Trinajstić information content (AvgIpc) is 3.41. The summed E-state index contributed by atoms with van der Waals surface area (Å²) in [6.07, 6.45) is 87.6. The molecule has 1 unspecified atom stereocenters. The van der Waals surface area contributed by atoms with E-state index < -0.39 is 12.1 Å². The van der Waals surface area contributed by atoms with E-state index in [4.69, 9.17) is 14.2 Å². The number of ether oxygens (including phenoxy) is 3. The fourth-order valence-electron chi connectivity index (χ4n) is 8.09. The standard InChI is InChI=1S/C69H112O6/c1-4-7-10-13-16-19-22-24-26-28-30-31-32-33-34-35-36-37-39-40-42-44-47-50-53-56-59-62-68(71)74-65-66(64-73-67(70)61-58-55-52-49-46-21-18-15-12-9-6-3)75-69(72)63-60-57-54-51-48-45-43-41-38-29-27-25-23-20-17-14-11-8-5-2/h7-8,10-11,15-20,24-27,30-31,38,41,45,48,54,57,66H,4-6,9,12-14,21-23,28-29,32-37,39-40,42-44,46-47,49-53,55-56,58-65H2,1-3H3/b10-7-,11-8-,18-15-,19-16-,20-17-,26-24-,27-25-,31-30-,41-38-,48-45-,57-54-. The highest BCUT2D eigenvalue weighted by molar-refractivity contribution is 5.71. The molecule has 0 aliphatic rings. The third-order valence-electron chi connectivity index (χ3n) is 12.6. The molecule has 0 saturated carbocycles. The van der Waals surface area contributed by atoms with Crippen molar-refractivity contribution in [3.05, 3.63) is 134 Å². The van der Waals surface area contributed by atoms with Gasteiger partial charge in [-0.05, 0) is 116 Å². The summed E-state index contributed by atoms with van der Waals surface area (Å²) in [4.78, 5) is 38.2. The van der Waals surface area contributed by atoms with Gasteiger partial charge in [0.15, 0.2) is 6.10 Å². The van der Waals surface area contributed by atoms with E-state index >= 15 is 0 Å². The number of esters is 3. The number of hydrogen-bond acceptors (Lipinski definition) is 6. The highest BCUT2D eigenvalue weighted by Gasteiger charge is 2.19. The summed E-state index contributed by atoms with van der Waals surface area (Å²) in [7, 11) is 0. The average molecular weight is 1040 g/mol. The molecule has 0 N–H and O–H groups in total. The van der Waals surface area contributed by atoms with Crippen LogP contribution in [0, 0.1) is 0 Å². The van der Waals surface area contributed by atoms with Crippen LogP contribution in [0.2, 0.25) is 0 Å². The van der Waals surface area contributed by atoms with Gasteiger partial charge in [0.05, 0.1) is 0 Å². The Hall–Kier alpha value is -4.45. The molecule has 424 valence electrons. The van der Waals surface area contributed by atoms with Gasteiger partial charge in [-0.1, -0.05) is 264 Å². The van der Waals surface area contributed by atoms with Crippen LogP contribution in [0.1, 0.15) is 265 Å². The van der Waals surface area contributed by atoms with Crippen molar-refractivity contribution in [3.8, 4) is 0 Å². The van der Waals surface area contributed by atoms with Gasteiger partial charge in [0.1, 0.15) is 13.2 Å². The number of carbonyl (C=O) groups is 3. The van der Waals surface area contributed by atoms with Gasteiger partial charge in [-0.25, -0.2) is 0 Å². The molecule has 0 rings (SSSR count). The molecule has 1 atom stereocenters. The number of allylic oxidation sites excluding steroid dienone is 22. The van der Waals surface area contributed by atoms with Crippen LogP contribution in [-0.2, 0) is 28.6 Å². The monoisotopic (exact) mass is 1040 g/mol. The Balaban J connectivity index is 4.35. The largest absolute Gasteiger partial charge is 0.462 e. The van der Waals surface area contributed by atoms with Crippen molar-refractivity contribution in [2.45, 2.75) is 271 Å². The normalized spacial score (nSPS) is 13.1. The zero-order valence-electron chi connectivity index (χ0n) is 48.5. The van der Waals surface area contributed by atoms with Gasteiger partial charge in [-0.2, -0.15) is 0 Å². The first-order valence-electron chi connectivity index (χ1n) is 30.7. The van der Waals surface area contributed by atoms with Crippen molar-refractivity contribution < 1.29 is 28.6 Å². The molecule has 0 aromatic carbocycles. The zero-order valence-corrected chi connectivity index (χ0v) is 48.5. The first kappa shape index (κ1) is 70.5. The topological polar surface area (TPSA) is 78.9 Å². The van der Waals surface area contributed by atoms with Gasteiger partial charge in [-0.3, -0.25) is 14.4 Å². The van der Waals surface area contributed by atoms with Crippen LogP contribution in [0.3, 0.4) is 0 Å². The number of rotatable bonds is 54. The van der Waals surface area contributed by atoms with Crippen LogP contribution < -0.4 is 0 Å². The second-order valence-electron chi connectivity index (χ2n) is 19.8. The van der Waals surface area contributed by atoms with Crippen molar-refractivity contribution in [1.29, 1.82) is 0 Å². The highest BCUT2D eigenvalue weighted by atomic mass is 16.6. The zero-order chi connectivity index (χ0) is 54.3. The van der Waals surface area contributed by atoms with Gasteiger partial charge in [-0.15, -0.1) is 0 Å². The maximum atomic E-state index is 12.8. The Kier molecular flexibility index (Phi) is 58.4. The molecule has 6 nitrogen and oxygen atoms in total. The van der Waals surface area contributed by atoms with Crippen molar-refractivity contribution in [2.75, 3.05) is 13.2 Å².